The zero-order valence-electron chi connectivity index (χ0n) is 13.9. The summed E-state index contributed by atoms with van der Waals surface area (Å²) in [6, 6.07) is 3.73. The minimum atomic E-state index is -0.527. The Kier molecular flexibility index (Phi) is 4.83. The van der Waals surface area contributed by atoms with E-state index in [9.17, 15) is 0 Å². The first-order valence-corrected chi connectivity index (χ1v) is 7.95. The fraction of sp³-hybridized carbons (Fsp3) is 0.600. The molecule has 1 atom stereocenters. The lowest BCUT2D eigenvalue weighted by Gasteiger charge is -2.32. The van der Waals surface area contributed by atoms with E-state index in [2.05, 4.69) is 15.9 Å². The summed E-state index contributed by atoms with van der Waals surface area (Å²) >= 11 is 3.45. The number of ether oxygens (including phenoxy) is 2. The van der Waals surface area contributed by atoms with Gasteiger partial charge in [-0.25, -0.2) is 0 Å². The molecule has 0 spiro atoms. The predicted molar refractivity (Wildman–Crippen MR) is 90.3 cm³/mol. The van der Waals surface area contributed by atoms with Crippen LogP contribution in [0.25, 0.3) is 0 Å². The molecule has 0 bridgehead atoms. The van der Waals surface area contributed by atoms with Gasteiger partial charge in [0.25, 0.3) is 0 Å². The first-order chi connectivity index (χ1) is 10.1. The number of rotatable bonds is 4. The molecule has 1 fully saturated rings. The summed E-state index contributed by atoms with van der Waals surface area (Å²) in [5.41, 5.74) is 6.36. The van der Waals surface area contributed by atoms with Crippen LogP contribution in [-0.4, -0.2) is 32.5 Å². The van der Waals surface area contributed by atoms with E-state index in [-0.39, 0.29) is 0 Å². The second kappa shape index (κ2) is 6.04. The summed E-state index contributed by atoms with van der Waals surface area (Å²) in [5, 5.41) is 0. The number of halogens is 1. The molecule has 2 N–H and O–H groups in total. The standard InChI is InChI=1S/C15H23BBrNO4/c1-14(2)15(3,4)22-16(21-14)13(18)9-7-10(19-5)12(17)11(8-9)20-6/h7-8,13H,18H2,1-6H3/t13-/m0/s1. The Balaban J connectivity index is 2.33. The Labute approximate surface area is 140 Å². The molecule has 0 aliphatic carbocycles. The maximum atomic E-state index is 6.36. The highest BCUT2D eigenvalue weighted by atomic mass is 79.9. The molecule has 1 saturated heterocycles. The van der Waals surface area contributed by atoms with Crippen LogP contribution in [0.1, 0.15) is 39.2 Å². The summed E-state index contributed by atoms with van der Waals surface area (Å²) in [5.74, 6) is 0.861. The summed E-state index contributed by atoms with van der Waals surface area (Å²) in [6.07, 6.45) is 0. The first kappa shape index (κ1) is 17.6. The highest BCUT2D eigenvalue weighted by Gasteiger charge is 2.53. The van der Waals surface area contributed by atoms with Gasteiger partial charge in [0.15, 0.2) is 0 Å². The van der Waals surface area contributed by atoms with Crippen molar-refractivity contribution in [2.24, 2.45) is 5.73 Å². The van der Waals surface area contributed by atoms with Crippen molar-refractivity contribution in [3.63, 3.8) is 0 Å². The quantitative estimate of drug-likeness (QED) is 0.824. The highest BCUT2D eigenvalue weighted by molar-refractivity contribution is 9.10. The van der Waals surface area contributed by atoms with Crippen molar-refractivity contribution in [3.05, 3.63) is 22.2 Å². The molecule has 0 aromatic heterocycles. The lowest BCUT2D eigenvalue weighted by atomic mass is 9.75. The van der Waals surface area contributed by atoms with Crippen LogP contribution in [0.15, 0.2) is 16.6 Å². The van der Waals surface area contributed by atoms with Gasteiger partial charge in [-0.05, 0) is 61.3 Å². The lowest BCUT2D eigenvalue weighted by molar-refractivity contribution is 0.00578. The zero-order valence-corrected chi connectivity index (χ0v) is 15.5. The number of benzene rings is 1. The Morgan fingerprint density at radius 3 is 1.82 bits per heavy atom. The average molecular weight is 372 g/mol. The molecule has 2 rings (SSSR count). The Morgan fingerprint density at radius 2 is 1.45 bits per heavy atom. The molecule has 0 amide bonds. The summed E-state index contributed by atoms with van der Waals surface area (Å²) in [4.78, 5) is 0. The maximum Gasteiger partial charge on any atom is 0.480 e. The molecule has 1 heterocycles. The molecule has 122 valence electrons. The summed E-state index contributed by atoms with van der Waals surface area (Å²) < 4.78 is 23.5. The Hall–Kier alpha value is -0.755. The summed E-state index contributed by atoms with van der Waals surface area (Å²) in [7, 11) is 2.67. The van der Waals surface area contributed by atoms with E-state index < -0.39 is 24.3 Å². The maximum absolute atomic E-state index is 6.36. The van der Waals surface area contributed by atoms with Gasteiger partial charge in [-0.15, -0.1) is 0 Å². The van der Waals surface area contributed by atoms with E-state index in [1.165, 1.54) is 0 Å². The predicted octanol–water partition coefficient (Wildman–Crippen LogP) is 3.10. The Morgan fingerprint density at radius 1 is 1.05 bits per heavy atom. The molecule has 1 aromatic carbocycles. The Bertz CT molecular complexity index is 523. The molecule has 0 radical (unpaired) electrons. The molecule has 7 heteroatoms. The molecule has 0 unspecified atom stereocenters. The minimum absolute atomic E-state index is 0.418. The van der Waals surface area contributed by atoms with E-state index in [4.69, 9.17) is 24.5 Å². The van der Waals surface area contributed by atoms with Crippen molar-refractivity contribution in [1.29, 1.82) is 0 Å². The van der Waals surface area contributed by atoms with E-state index in [1.807, 2.05) is 39.8 Å². The fourth-order valence-corrected chi connectivity index (χ4v) is 2.83. The fourth-order valence-electron chi connectivity index (χ4n) is 2.27. The van der Waals surface area contributed by atoms with Crippen LogP contribution < -0.4 is 15.2 Å². The van der Waals surface area contributed by atoms with Crippen LogP contribution >= 0.6 is 15.9 Å². The van der Waals surface area contributed by atoms with Gasteiger partial charge >= 0.3 is 7.12 Å². The van der Waals surface area contributed by atoms with Gasteiger partial charge in [0.05, 0.1) is 31.4 Å². The lowest BCUT2D eigenvalue weighted by Crippen LogP contribution is -2.41. The van der Waals surface area contributed by atoms with Crippen LogP contribution in [0.2, 0.25) is 0 Å². The molecular formula is C15H23BBrNO4. The largest absolute Gasteiger partial charge is 0.495 e. The third-order valence-corrected chi connectivity index (χ3v) is 5.20. The number of hydrogen-bond acceptors (Lipinski definition) is 5. The van der Waals surface area contributed by atoms with Gasteiger partial charge in [-0.3, -0.25) is 0 Å². The van der Waals surface area contributed by atoms with E-state index in [0.29, 0.717) is 11.5 Å². The minimum Gasteiger partial charge on any atom is -0.495 e. The van der Waals surface area contributed by atoms with E-state index >= 15 is 0 Å². The average Bonchev–Trinajstić information content (AvgIpc) is 2.67. The SMILES string of the molecule is COc1cc([C@H](N)B2OC(C)(C)C(C)(C)O2)cc(OC)c1Br. The third kappa shape index (κ3) is 3.00. The van der Waals surface area contributed by atoms with Crippen LogP contribution in [0.4, 0.5) is 0 Å². The topological polar surface area (TPSA) is 62.9 Å². The molecule has 1 aliphatic rings. The van der Waals surface area contributed by atoms with E-state index in [0.717, 1.165) is 10.0 Å². The second-order valence-electron chi connectivity index (χ2n) is 6.39. The molecular weight excluding hydrogens is 349 g/mol. The van der Waals surface area contributed by atoms with Crippen LogP contribution in [0, 0.1) is 0 Å². The zero-order chi connectivity index (χ0) is 16.7. The van der Waals surface area contributed by atoms with Crippen molar-refractivity contribution in [2.75, 3.05) is 14.2 Å². The van der Waals surface area contributed by atoms with Crippen molar-refractivity contribution >= 4 is 23.0 Å². The van der Waals surface area contributed by atoms with Crippen molar-refractivity contribution < 1.29 is 18.8 Å². The van der Waals surface area contributed by atoms with Gasteiger partial charge in [-0.2, -0.15) is 0 Å². The smallest absolute Gasteiger partial charge is 0.480 e. The molecule has 1 aliphatic heterocycles. The number of nitrogens with two attached hydrogens (primary N) is 1. The second-order valence-corrected chi connectivity index (χ2v) is 7.18. The van der Waals surface area contributed by atoms with Crippen LogP contribution in [-0.2, 0) is 9.31 Å². The van der Waals surface area contributed by atoms with Crippen molar-refractivity contribution in [3.8, 4) is 11.5 Å². The molecule has 0 saturated carbocycles. The third-order valence-electron chi connectivity index (χ3n) is 4.42. The van der Waals surface area contributed by atoms with Gasteiger partial charge in [0.2, 0.25) is 0 Å². The molecule has 1 aromatic rings. The van der Waals surface area contributed by atoms with E-state index in [1.54, 1.807) is 14.2 Å². The van der Waals surface area contributed by atoms with Crippen LogP contribution in [0.5, 0.6) is 11.5 Å². The first-order valence-electron chi connectivity index (χ1n) is 7.15. The van der Waals surface area contributed by atoms with Crippen molar-refractivity contribution in [2.45, 2.75) is 44.8 Å². The van der Waals surface area contributed by atoms with Gasteiger partial charge in [0.1, 0.15) is 16.0 Å². The highest BCUT2D eigenvalue weighted by Crippen LogP contribution is 2.42. The number of methoxy groups -OCH3 is 2. The van der Waals surface area contributed by atoms with Crippen molar-refractivity contribution in [1.82, 2.24) is 0 Å². The van der Waals surface area contributed by atoms with Crippen LogP contribution in [0.3, 0.4) is 0 Å². The summed E-state index contributed by atoms with van der Waals surface area (Å²) in [6.45, 7) is 8.01. The number of hydrogen-bond donors (Lipinski definition) is 1. The van der Waals surface area contributed by atoms with Gasteiger partial charge in [0, 0.05) is 0 Å². The normalized spacial score (nSPS) is 20.8. The van der Waals surface area contributed by atoms with Gasteiger partial charge in [-0.1, -0.05) is 0 Å². The molecule has 5 nitrogen and oxygen atoms in total. The van der Waals surface area contributed by atoms with Gasteiger partial charge < -0.3 is 24.5 Å². The monoisotopic (exact) mass is 371 g/mol. The molecule has 22 heavy (non-hydrogen) atoms.